The molecule has 8 heterocycles. The number of carbonyl (C=O) groups is 4. The molecule has 4 fully saturated rings. The van der Waals surface area contributed by atoms with Crippen LogP contribution in [0.15, 0.2) is 77.3 Å². The highest BCUT2D eigenvalue weighted by Crippen LogP contribution is 2.43. The summed E-state index contributed by atoms with van der Waals surface area (Å²) in [6, 6.07) is 18.3. The number of rotatable bonds is 8. The fourth-order valence-corrected chi connectivity index (χ4v) is 14.0. The van der Waals surface area contributed by atoms with Crippen molar-refractivity contribution in [1.82, 2.24) is 60.4 Å². The zero-order valence-electron chi connectivity index (χ0n) is 53.6. The number of nitrogens with zero attached hydrogens (tertiary/aromatic N) is 9. The summed E-state index contributed by atoms with van der Waals surface area (Å²) in [6.45, 7) is 6.45. The van der Waals surface area contributed by atoms with Gasteiger partial charge in [-0.15, -0.1) is 0 Å². The van der Waals surface area contributed by atoms with Crippen LogP contribution in [0, 0.1) is 41.5 Å². The number of nitrogens with one attached hydrogen (secondary N) is 8. The van der Waals surface area contributed by atoms with Crippen molar-refractivity contribution in [2.75, 3.05) is 47.4 Å². The van der Waals surface area contributed by atoms with Crippen LogP contribution >= 0.6 is 27.5 Å². The van der Waals surface area contributed by atoms with E-state index in [0.29, 0.717) is 109 Å². The normalized spacial score (nSPS) is 17.2. The zero-order chi connectivity index (χ0) is 67.4. The summed E-state index contributed by atoms with van der Waals surface area (Å²) in [4.78, 5) is 57.2. The number of benzene rings is 4. The molecule has 8 amide bonds. The van der Waals surface area contributed by atoms with Gasteiger partial charge in [-0.05, 0) is 153 Å². The number of amides is 8. The molecule has 506 valence electrons. The molecule has 8 N–H and O–H groups in total. The van der Waals surface area contributed by atoms with Crippen LogP contribution in [-0.4, -0.2) is 111 Å². The Balaban J connectivity index is 0.000000117. The molecule has 0 bridgehead atoms. The summed E-state index contributed by atoms with van der Waals surface area (Å²) in [5.41, 5.74) is 16.3. The number of carbonyl (C=O) groups excluding carboxylic acids is 4. The van der Waals surface area contributed by atoms with Gasteiger partial charge in [0.2, 0.25) is 0 Å². The van der Waals surface area contributed by atoms with Crippen LogP contribution in [0.25, 0.3) is 0 Å². The van der Waals surface area contributed by atoms with Gasteiger partial charge >= 0.3 is 24.1 Å². The van der Waals surface area contributed by atoms with E-state index < -0.39 is 11.6 Å². The lowest BCUT2D eigenvalue weighted by Crippen LogP contribution is -2.39. The van der Waals surface area contributed by atoms with E-state index in [2.05, 4.69) is 78.0 Å². The number of urea groups is 4. The summed E-state index contributed by atoms with van der Waals surface area (Å²) in [5, 5.41) is 50.6. The lowest BCUT2D eigenvalue weighted by atomic mass is 9.81. The van der Waals surface area contributed by atoms with Crippen molar-refractivity contribution < 1.29 is 36.7 Å². The van der Waals surface area contributed by atoms with Gasteiger partial charge in [-0.3, -0.25) is 20.4 Å². The van der Waals surface area contributed by atoms with E-state index in [1.54, 1.807) is 56.9 Å². The molecule has 8 aromatic rings. The van der Waals surface area contributed by atoms with Gasteiger partial charge in [-0.2, -0.15) is 25.7 Å². The molecule has 0 spiro atoms. The highest BCUT2D eigenvalue weighted by atomic mass is 79.9. The average molecular weight is 1410 g/mol. The lowest BCUT2D eigenvalue weighted by molar-refractivity contribution is 0.205. The Labute approximate surface area is 571 Å². The summed E-state index contributed by atoms with van der Waals surface area (Å²) >= 11 is 8.90. The van der Waals surface area contributed by atoms with Gasteiger partial charge in [0.25, 0.3) is 0 Å². The largest absolute Gasteiger partial charge is 0.322 e. The maximum Gasteiger partial charge on any atom is 0.322 e. The minimum Gasteiger partial charge on any atom is -0.320 e. The van der Waals surface area contributed by atoms with Crippen LogP contribution in [0.4, 0.5) is 59.5 Å². The fourth-order valence-electron chi connectivity index (χ4n) is 13.4. The van der Waals surface area contributed by atoms with Gasteiger partial charge in [0, 0.05) is 143 Å². The quantitative estimate of drug-likeness (QED) is 0.0671. The first-order valence-electron chi connectivity index (χ1n) is 33.3. The maximum atomic E-state index is 13.4. The van der Waals surface area contributed by atoms with Gasteiger partial charge < -0.3 is 40.9 Å². The van der Waals surface area contributed by atoms with E-state index in [0.717, 1.165) is 83.9 Å². The number of aromatic amines is 4. The number of H-pyrrole nitrogens is 4. The Morgan fingerprint density at radius 2 is 0.773 bits per heavy atom. The van der Waals surface area contributed by atoms with E-state index in [9.17, 15) is 36.7 Å². The molecule has 0 saturated heterocycles. The molecule has 4 aliphatic heterocycles. The van der Waals surface area contributed by atoms with E-state index in [4.69, 9.17) is 16.9 Å². The van der Waals surface area contributed by atoms with E-state index in [-0.39, 0.29) is 46.3 Å². The van der Waals surface area contributed by atoms with Crippen molar-refractivity contribution in [3.8, 4) is 6.07 Å². The topological polar surface area (TPSA) is 268 Å². The molecular formula is C70H75BrClF4N17O4. The molecule has 0 unspecified atom stereocenters. The third kappa shape index (κ3) is 14.9. The molecule has 4 saturated carbocycles. The Bertz CT molecular complexity index is 3990. The highest BCUT2D eigenvalue weighted by Gasteiger charge is 2.36. The number of halogens is 6. The number of hydrogen-bond acceptors (Lipinski definition) is 9. The summed E-state index contributed by atoms with van der Waals surface area (Å²) in [6.07, 6.45) is 17.6. The predicted molar refractivity (Wildman–Crippen MR) is 361 cm³/mol. The molecule has 21 nitrogen and oxygen atoms in total. The Morgan fingerprint density at radius 1 is 0.464 bits per heavy atom. The van der Waals surface area contributed by atoms with E-state index in [1.807, 2.05) is 0 Å². The molecule has 97 heavy (non-hydrogen) atoms. The van der Waals surface area contributed by atoms with Crippen LogP contribution in [0.3, 0.4) is 0 Å². The Morgan fingerprint density at radius 3 is 1.08 bits per heavy atom. The van der Waals surface area contributed by atoms with Crippen LogP contribution in [0.2, 0.25) is 5.02 Å². The number of anilines is 4. The molecule has 27 heteroatoms. The summed E-state index contributed by atoms with van der Waals surface area (Å²) < 4.78 is 53.6. The average Bonchev–Trinajstić information content (AvgIpc) is 1.68. The first kappa shape index (κ1) is 66.4. The van der Waals surface area contributed by atoms with Gasteiger partial charge in [0.15, 0.2) is 0 Å². The van der Waals surface area contributed by atoms with Crippen LogP contribution < -0.4 is 21.3 Å². The number of aryl methyl sites for hydroxylation is 1. The van der Waals surface area contributed by atoms with Crippen molar-refractivity contribution in [3.05, 3.63) is 184 Å². The number of fused-ring (bicyclic) bond motifs is 4. The van der Waals surface area contributed by atoms with Gasteiger partial charge in [0.1, 0.15) is 29.3 Å². The standard InChI is InChI=1S/C18H18FN5O.C18H21FN4O.C17H18BrFN4O.C17H18ClFN4O/c19-15-5-4-13(8-12(15)9-20)21-18(25)24-7-6-16-14(10-24)17(23-22-16)11-2-1-3-11;1-11-9-13(5-6-15(11)19)20-18(24)23-8-7-16-14(10-23)17(22-21-16)12-3-2-4-12;2*18-13-8-11(4-5-14(13)19)20-17(24)23-7-6-15-12(9-23)16(22-21-15)10-2-1-3-10/h4-5,8,11H,1-3,6-7,10H2,(H,21,25)(H,22,23);5-6,9,12H,2-4,7-8,10H2,1H3,(H,20,24)(H,21,22);2*4-5,8,10H,1-3,6-7,9H2,(H,20,24)(H,21,22). The second-order valence-corrected chi connectivity index (χ2v) is 27.5. The minimum absolute atomic E-state index is 0.00386. The molecule has 8 aliphatic rings. The van der Waals surface area contributed by atoms with Crippen molar-refractivity contribution in [2.45, 2.75) is 160 Å². The molecule has 4 aromatic heterocycles. The van der Waals surface area contributed by atoms with Crippen LogP contribution in [0.1, 0.15) is 180 Å². The van der Waals surface area contributed by atoms with Crippen molar-refractivity contribution in [2.24, 2.45) is 0 Å². The van der Waals surface area contributed by atoms with Gasteiger partial charge in [0.05, 0.1) is 64.0 Å². The van der Waals surface area contributed by atoms with E-state index in [1.165, 1.54) is 135 Å². The fraction of sp³-hybridized carbons (Fsp3) is 0.414. The number of nitriles is 1. The van der Waals surface area contributed by atoms with E-state index >= 15 is 0 Å². The molecule has 0 radical (unpaired) electrons. The first-order chi connectivity index (χ1) is 47.0. The molecular weight excluding hydrogens is 1330 g/mol. The van der Waals surface area contributed by atoms with Gasteiger partial charge in [-0.25, -0.2) is 36.7 Å². The first-order valence-corrected chi connectivity index (χ1v) is 34.5. The summed E-state index contributed by atoms with van der Waals surface area (Å²) in [5.74, 6) is 0.432. The van der Waals surface area contributed by atoms with Crippen molar-refractivity contribution >= 4 is 74.4 Å². The third-order valence-electron chi connectivity index (χ3n) is 20.1. The lowest BCUT2D eigenvalue weighted by Gasteiger charge is -2.30. The van der Waals surface area contributed by atoms with Crippen LogP contribution in [0.5, 0.6) is 0 Å². The Kier molecular flexibility index (Phi) is 20.0. The second-order valence-electron chi connectivity index (χ2n) is 26.2. The third-order valence-corrected chi connectivity index (χ3v) is 21.0. The molecule has 16 rings (SSSR count). The molecule has 0 atom stereocenters. The smallest absolute Gasteiger partial charge is 0.320 e. The summed E-state index contributed by atoms with van der Waals surface area (Å²) in [7, 11) is 0. The molecule has 4 aliphatic carbocycles. The van der Waals surface area contributed by atoms with Crippen molar-refractivity contribution in [1.29, 1.82) is 5.26 Å². The van der Waals surface area contributed by atoms with Crippen molar-refractivity contribution in [3.63, 3.8) is 0 Å². The highest BCUT2D eigenvalue weighted by molar-refractivity contribution is 9.10. The Hall–Kier alpha value is -9.22. The zero-order valence-corrected chi connectivity index (χ0v) is 56.0. The molecule has 4 aromatic carbocycles. The monoisotopic (exact) mass is 1410 g/mol. The number of aromatic nitrogens is 8. The predicted octanol–water partition coefficient (Wildman–Crippen LogP) is 15.2. The maximum absolute atomic E-state index is 13.4. The van der Waals surface area contributed by atoms with Gasteiger partial charge in [-0.1, -0.05) is 37.3 Å². The second kappa shape index (κ2) is 29.2. The number of hydrogen-bond donors (Lipinski definition) is 8. The minimum atomic E-state index is -0.591. The van der Waals surface area contributed by atoms with Crippen LogP contribution in [-0.2, 0) is 51.9 Å². The SMILES string of the molecule is Cc1cc(NC(=O)N2CCc3[nH]nc(C4CCC4)c3C2)ccc1F.N#Cc1cc(NC(=O)N2CCc3[nH]nc(C4CCC4)c3C2)ccc1F.O=C(Nc1ccc(F)c(Br)c1)N1CCc2[nH]nc(C3CCC3)c2C1.O=C(Nc1ccc(F)c(Cl)c1)N1CCc2[nH]nc(C3CCC3)c2C1.